The molecule has 0 aliphatic carbocycles. The van der Waals surface area contributed by atoms with Crippen LogP contribution in [0.1, 0.15) is 24.3 Å². The summed E-state index contributed by atoms with van der Waals surface area (Å²) in [5.74, 6) is -0.129. The first-order valence-electron chi connectivity index (χ1n) is 8.24. The number of benzene rings is 1. The quantitative estimate of drug-likeness (QED) is 0.777. The molecule has 1 aromatic carbocycles. The molecule has 2 aliphatic heterocycles. The lowest BCUT2D eigenvalue weighted by molar-refractivity contribution is -0.130. The molecule has 2 fully saturated rings. The van der Waals surface area contributed by atoms with E-state index < -0.39 is 11.5 Å². The van der Waals surface area contributed by atoms with Crippen LogP contribution in [0.3, 0.4) is 0 Å². The average Bonchev–Trinajstić information content (AvgIpc) is 2.87. The number of hydrogen-bond acceptors (Lipinski definition) is 3. The Morgan fingerprint density at radius 2 is 2.00 bits per heavy atom. The van der Waals surface area contributed by atoms with Crippen molar-refractivity contribution < 1.29 is 19.1 Å². The molecule has 6 nitrogen and oxygen atoms in total. The third-order valence-corrected chi connectivity index (χ3v) is 5.31. The Morgan fingerprint density at radius 3 is 2.62 bits per heavy atom. The summed E-state index contributed by atoms with van der Waals surface area (Å²) in [5, 5.41) is 14.0. The first kappa shape index (κ1) is 16.7. The first-order valence-corrected chi connectivity index (χ1v) is 8.24. The van der Waals surface area contributed by atoms with Gasteiger partial charge in [-0.2, -0.15) is 0 Å². The maximum absolute atomic E-state index is 13.2. The van der Waals surface area contributed by atoms with Crippen LogP contribution in [0.4, 0.5) is 9.18 Å². The van der Waals surface area contributed by atoms with Gasteiger partial charge in [-0.1, -0.05) is 12.1 Å². The monoisotopic (exact) mass is 335 g/mol. The number of nitrogens with zero attached hydrogens (tertiary/aromatic N) is 1. The lowest BCUT2D eigenvalue weighted by Gasteiger charge is -2.41. The van der Waals surface area contributed by atoms with E-state index in [0.29, 0.717) is 19.6 Å². The highest BCUT2D eigenvalue weighted by Gasteiger charge is 2.51. The highest BCUT2D eigenvalue weighted by Crippen LogP contribution is 2.47. The maximum atomic E-state index is 13.2. The van der Waals surface area contributed by atoms with Gasteiger partial charge in [0.2, 0.25) is 5.91 Å². The zero-order valence-electron chi connectivity index (χ0n) is 13.4. The van der Waals surface area contributed by atoms with Crippen LogP contribution in [0, 0.1) is 11.2 Å². The topological polar surface area (TPSA) is 81.7 Å². The van der Waals surface area contributed by atoms with E-state index >= 15 is 0 Å². The van der Waals surface area contributed by atoms with Crippen LogP contribution < -0.4 is 10.6 Å². The normalized spacial score (nSPS) is 23.2. The molecule has 3 N–H and O–H groups in total. The second-order valence-corrected chi connectivity index (χ2v) is 6.54. The van der Waals surface area contributed by atoms with Gasteiger partial charge < -0.3 is 20.6 Å². The van der Waals surface area contributed by atoms with Crippen molar-refractivity contribution in [1.29, 1.82) is 0 Å². The van der Waals surface area contributed by atoms with Crippen LogP contribution in [0.2, 0.25) is 0 Å². The predicted molar refractivity (Wildman–Crippen MR) is 86.3 cm³/mol. The number of likely N-dealkylation sites (tertiary alicyclic amines) is 1. The van der Waals surface area contributed by atoms with Gasteiger partial charge in [0.15, 0.2) is 0 Å². The SMILES string of the molecule is O=C(O)NCCN1CCC2(CC1)C(=O)NCC2c1ccc(F)cc1. The van der Waals surface area contributed by atoms with Crippen LogP contribution in [-0.4, -0.2) is 54.7 Å². The second-order valence-electron chi connectivity index (χ2n) is 6.54. The fraction of sp³-hybridized carbons (Fsp3) is 0.529. The molecule has 3 rings (SSSR count). The maximum Gasteiger partial charge on any atom is 0.404 e. The number of rotatable bonds is 4. The lowest BCUT2D eigenvalue weighted by Crippen LogP contribution is -2.47. The summed E-state index contributed by atoms with van der Waals surface area (Å²) in [7, 11) is 0. The second kappa shape index (κ2) is 6.76. The van der Waals surface area contributed by atoms with Gasteiger partial charge in [0.25, 0.3) is 0 Å². The van der Waals surface area contributed by atoms with Crippen molar-refractivity contribution >= 4 is 12.0 Å². The Kier molecular flexibility index (Phi) is 4.71. The molecule has 2 aliphatic rings. The summed E-state index contributed by atoms with van der Waals surface area (Å²) < 4.78 is 13.2. The van der Waals surface area contributed by atoms with Crippen LogP contribution in [0.5, 0.6) is 0 Å². The molecule has 1 unspecified atom stereocenters. The van der Waals surface area contributed by atoms with Crippen molar-refractivity contribution in [2.75, 3.05) is 32.7 Å². The molecule has 2 amide bonds. The standard InChI is InChI=1S/C17H22FN3O3/c18-13-3-1-12(2-4-13)14-11-20-15(22)17(14)5-8-21(9-6-17)10-7-19-16(23)24/h1-4,14,19H,5-11H2,(H,20,22)(H,23,24). The van der Waals surface area contributed by atoms with Crippen LogP contribution in [0.25, 0.3) is 0 Å². The van der Waals surface area contributed by atoms with E-state index in [2.05, 4.69) is 15.5 Å². The number of carbonyl (C=O) groups is 2. The molecule has 2 heterocycles. The number of nitrogens with one attached hydrogen (secondary N) is 2. The van der Waals surface area contributed by atoms with Crippen molar-refractivity contribution in [1.82, 2.24) is 15.5 Å². The highest BCUT2D eigenvalue weighted by atomic mass is 19.1. The Bertz CT molecular complexity index is 612. The average molecular weight is 335 g/mol. The molecular formula is C17H22FN3O3. The van der Waals surface area contributed by atoms with Crippen LogP contribution in [-0.2, 0) is 4.79 Å². The summed E-state index contributed by atoms with van der Waals surface area (Å²) in [6.45, 7) is 3.13. The van der Waals surface area contributed by atoms with Gasteiger partial charge >= 0.3 is 6.09 Å². The number of amides is 2. The van der Waals surface area contributed by atoms with Crippen molar-refractivity contribution in [3.63, 3.8) is 0 Å². The van der Waals surface area contributed by atoms with E-state index in [1.165, 1.54) is 12.1 Å². The molecule has 24 heavy (non-hydrogen) atoms. The number of carboxylic acid groups (broad SMARTS) is 1. The Labute approximate surface area is 140 Å². The summed E-state index contributed by atoms with van der Waals surface area (Å²) in [4.78, 5) is 25.2. The van der Waals surface area contributed by atoms with E-state index in [-0.39, 0.29) is 17.6 Å². The minimum absolute atomic E-state index is 0.0601. The minimum Gasteiger partial charge on any atom is -0.465 e. The van der Waals surface area contributed by atoms with Gasteiger partial charge in [-0.3, -0.25) is 4.79 Å². The third kappa shape index (κ3) is 3.21. The number of halogens is 1. The summed E-state index contributed by atoms with van der Waals surface area (Å²) in [6, 6.07) is 6.42. The molecule has 130 valence electrons. The smallest absolute Gasteiger partial charge is 0.404 e. The van der Waals surface area contributed by atoms with E-state index in [0.717, 1.165) is 31.5 Å². The number of piperidine rings is 1. The van der Waals surface area contributed by atoms with Crippen molar-refractivity contribution in [2.24, 2.45) is 5.41 Å². The summed E-state index contributed by atoms with van der Waals surface area (Å²) >= 11 is 0. The van der Waals surface area contributed by atoms with Gasteiger partial charge in [0.1, 0.15) is 5.82 Å². The molecular weight excluding hydrogens is 313 g/mol. The molecule has 0 bridgehead atoms. The zero-order chi connectivity index (χ0) is 17.2. The molecule has 0 radical (unpaired) electrons. The van der Waals surface area contributed by atoms with Crippen molar-refractivity contribution in [3.8, 4) is 0 Å². The first-order chi connectivity index (χ1) is 11.5. The van der Waals surface area contributed by atoms with E-state index in [1.807, 2.05) is 0 Å². The Morgan fingerprint density at radius 1 is 1.33 bits per heavy atom. The van der Waals surface area contributed by atoms with Crippen molar-refractivity contribution in [2.45, 2.75) is 18.8 Å². The minimum atomic E-state index is -1.02. The van der Waals surface area contributed by atoms with Gasteiger partial charge in [-0.15, -0.1) is 0 Å². The van der Waals surface area contributed by atoms with Gasteiger partial charge in [-0.25, -0.2) is 9.18 Å². The fourth-order valence-electron chi connectivity index (χ4n) is 3.93. The molecule has 0 aromatic heterocycles. The molecule has 2 saturated heterocycles. The highest BCUT2D eigenvalue weighted by molar-refractivity contribution is 5.86. The van der Waals surface area contributed by atoms with E-state index in [4.69, 9.17) is 5.11 Å². The van der Waals surface area contributed by atoms with Gasteiger partial charge in [-0.05, 0) is 43.6 Å². The van der Waals surface area contributed by atoms with Crippen LogP contribution in [0.15, 0.2) is 24.3 Å². The molecule has 7 heteroatoms. The third-order valence-electron chi connectivity index (χ3n) is 5.31. The summed E-state index contributed by atoms with van der Waals surface area (Å²) in [6.07, 6.45) is 0.442. The summed E-state index contributed by atoms with van der Waals surface area (Å²) in [5.41, 5.74) is 0.560. The predicted octanol–water partition coefficient (Wildman–Crippen LogP) is 1.39. The largest absolute Gasteiger partial charge is 0.465 e. The molecule has 0 saturated carbocycles. The fourth-order valence-corrected chi connectivity index (χ4v) is 3.93. The van der Waals surface area contributed by atoms with E-state index in [1.54, 1.807) is 12.1 Å². The van der Waals surface area contributed by atoms with Gasteiger partial charge in [0, 0.05) is 25.6 Å². The number of carbonyl (C=O) groups excluding carboxylic acids is 1. The Balaban J connectivity index is 1.66. The molecule has 1 aromatic rings. The van der Waals surface area contributed by atoms with Crippen LogP contribution >= 0.6 is 0 Å². The van der Waals surface area contributed by atoms with Crippen molar-refractivity contribution in [3.05, 3.63) is 35.6 Å². The van der Waals surface area contributed by atoms with Gasteiger partial charge in [0.05, 0.1) is 5.41 Å². The zero-order valence-corrected chi connectivity index (χ0v) is 13.4. The molecule has 1 spiro atoms. The van der Waals surface area contributed by atoms with E-state index in [9.17, 15) is 14.0 Å². The Hall–Kier alpha value is -2.15. The molecule has 1 atom stereocenters. The lowest BCUT2D eigenvalue weighted by atomic mass is 9.68. The number of hydrogen-bond donors (Lipinski definition) is 3.